The van der Waals surface area contributed by atoms with E-state index in [1.54, 1.807) is 0 Å². The Morgan fingerprint density at radius 2 is 1.60 bits per heavy atom. The van der Waals surface area contributed by atoms with Gasteiger partial charge >= 0.3 is 0 Å². The smallest absolute Gasteiger partial charge is 0.199 e. The predicted molar refractivity (Wildman–Crippen MR) is 106 cm³/mol. The van der Waals surface area contributed by atoms with Gasteiger partial charge in [0, 0.05) is 17.7 Å². The zero-order valence-corrected chi connectivity index (χ0v) is 15.7. The molecule has 0 saturated heterocycles. The fourth-order valence-corrected chi connectivity index (χ4v) is 2.92. The maximum atomic E-state index is 6.09. The van der Waals surface area contributed by atoms with Gasteiger partial charge in [-0.15, -0.1) is 0 Å². The molecule has 1 aliphatic carbocycles. The summed E-state index contributed by atoms with van der Waals surface area (Å²) in [5, 5.41) is 0. The topological polar surface area (TPSA) is 12.2 Å². The molecule has 1 aromatic carbocycles. The van der Waals surface area contributed by atoms with E-state index < -0.39 is 0 Å². The van der Waals surface area contributed by atoms with Gasteiger partial charge in [0.1, 0.15) is 25.6 Å². The number of rotatable bonds is 1. The monoisotopic (exact) mass is 332 g/mol. The average molecular weight is 332 g/mol. The van der Waals surface area contributed by atoms with Gasteiger partial charge in [0.15, 0.2) is 5.71 Å². The van der Waals surface area contributed by atoms with Crippen LogP contribution in [0.15, 0.2) is 78.1 Å². The van der Waals surface area contributed by atoms with Crippen LogP contribution in [-0.4, -0.2) is 24.4 Å². The van der Waals surface area contributed by atoms with Crippen LogP contribution < -0.4 is 4.74 Å². The Labute approximate surface area is 150 Å². The molecule has 0 bridgehead atoms. The second-order valence-electron chi connectivity index (χ2n) is 7.63. The summed E-state index contributed by atoms with van der Waals surface area (Å²) in [6, 6.07) is 8.25. The van der Waals surface area contributed by atoms with Gasteiger partial charge in [0.2, 0.25) is 0 Å². The van der Waals surface area contributed by atoms with E-state index in [-0.39, 0.29) is 5.41 Å². The lowest BCUT2D eigenvalue weighted by atomic mass is 9.80. The van der Waals surface area contributed by atoms with E-state index in [1.807, 2.05) is 32.3 Å². The highest BCUT2D eigenvalue weighted by Gasteiger charge is 2.25. The first-order chi connectivity index (χ1) is 11.8. The van der Waals surface area contributed by atoms with Crippen LogP contribution in [0.5, 0.6) is 5.75 Å². The zero-order chi connectivity index (χ0) is 18.0. The Hall–Kier alpha value is -2.61. The third-order valence-corrected chi connectivity index (χ3v) is 4.35. The molecule has 1 aromatic rings. The van der Waals surface area contributed by atoms with Gasteiger partial charge in [0.05, 0.1) is 0 Å². The van der Waals surface area contributed by atoms with Crippen LogP contribution in [0.3, 0.4) is 0 Å². The summed E-state index contributed by atoms with van der Waals surface area (Å²) in [6.07, 6.45) is 14.8. The zero-order valence-electron chi connectivity index (χ0n) is 15.7. The van der Waals surface area contributed by atoms with Crippen molar-refractivity contribution in [3.8, 4) is 5.75 Å². The van der Waals surface area contributed by atoms with Crippen molar-refractivity contribution in [2.75, 3.05) is 14.1 Å². The minimum absolute atomic E-state index is 0.0618. The maximum absolute atomic E-state index is 6.09. The van der Waals surface area contributed by atoms with Crippen LogP contribution in [0.2, 0.25) is 0 Å². The number of nitrogens with zero attached hydrogens (tertiary/aromatic N) is 1. The van der Waals surface area contributed by atoms with Gasteiger partial charge in [-0.2, -0.15) is 0 Å². The Kier molecular flexibility index (Phi) is 4.63. The van der Waals surface area contributed by atoms with Crippen molar-refractivity contribution in [3.63, 3.8) is 0 Å². The van der Waals surface area contributed by atoms with E-state index in [0.29, 0.717) is 0 Å². The van der Waals surface area contributed by atoms with Gasteiger partial charge < -0.3 is 4.74 Å². The fraction of sp³-hybridized carbons (Fsp3) is 0.261. The molecule has 0 aromatic heterocycles. The number of fused-ring (bicyclic) bond motifs is 1. The molecule has 0 spiro atoms. The van der Waals surface area contributed by atoms with Crippen LogP contribution in [0.25, 0.3) is 5.57 Å². The molecule has 0 saturated carbocycles. The van der Waals surface area contributed by atoms with Crippen molar-refractivity contribution < 1.29 is 9.31 Å². The standard InChI is InChI=1S/C23H26NO/c1-23(2,3)21-16-19(25-22-9-7-6-8-20(21)22)15-12-17-10-13-18(14-11-17)24(4)5/h6-16H,1-5H3/q+1/b19-15-. The van der Waals surface area contributed by atoms with E-state index in [4.69, 9.17) is 4.74 Å². The third-order valence-electron chi connectivity index (χ3n) is 4.35. The van der Waals surface area contributed by atoms with Crippen LogP contribution in [-0.2, 0) is 0 Å². The molecule has 0 radical (unpaired) electrons. The average Bonchev–Trinajstić information content (AvgIpc) is 2.58. The summed E-state index contributed by atoms with van der Waals surface area (Å²) in [4.78, 5) is 0. The van der Waals surface area contributed by atoms with Crippen molar-refractivity contribution >= 4 is 11.3 Å². The third kappa shape index (κ3) is 3.90. The van der Waals surface area contributed by atoms with Gasteiger partial charge in [-0.25, -0.2) is 4.58 Å². The van der Waals surface area contributed by atoms with E-state index in [0.717, 1.165) is 17.1 Å². The summed E-state index contributed by atoms with van der Waals surface area (Å²) in [6.45, 7) is 6.72. The first-order valence-electron chi connectivity index (χ1n) is 8.66. The highest BCUT2D eigenvalue weighted by atomic mass is 16.5. The molecular formula is C23H26NO+. The largest absolute Gasteiger partial charge is 0.457 e. The molecule has 1 aliphatic heterocycles. The molecule has 2 heteroatoms. The summed E-state index contributed by atoms with van der Waals surface area (Å²) in [7, 11) is 4.10. The number of ether oxygens (including phenoxy) is 1. The van der Waals surface area contributed by atoms with E-state index >= 15 is 0 Å². The maximum Gasteiger partial charge on any atom is 0.199 e. The van der Waals surface area contributed by atoms with Crippen LogP contribution >= 0.6 is 0 Å². The highest BCUT2D eigenvalue weighted by molar-refractivity contribution is 6.02. The molecule has 2 nitrogen and oxygen atoms in total. The highest BCUT2D eigenvalue weighted by Crippen LogP contribution is 2.42. The minimum Gasteiger partial charge on any atom is -0.457 e. The molecule has 3 rings (SSSR count). The molecule has 128 valence electrons. The van der Waals surface area contributed by atoms with Crippen molar-refractivity contribution in [1.29, 1.82) is 0 Å². The summed E-state index contributed by atoms with van der Waals surface area (Å²) < 4.78 is 8.19. The van der Waals surface area contributed by atoms with Crippen LogP contribution in [0.4, 0.5) is 0 Å². The normalized spacial score (nSPS) is 18.0. The van der Waals surface area contributed by atoms with E-state index in [1.165, 1.54) is 16.8 Å². The van der Waals surface area contributed by atoms with Gasteiger partial charge in [0.25, 0.3) is 0 Å². The molecule has 1 heterocycles. The van der Waals surface area contributed by atoms with Crippen molar-refractivity contribution in [1.82, 2.24) is 0 Å². The summed E-state index contributed by atoms with van der Waals surface area (Å²) in [5.74, 6) is 1.80. The lowest BCUT2D eigenvalue weighted by molar-refractivity contribution is -0.462. The van der Waals surface area contributed by atoms with E-state index in [2.05, 4.69) is 73.9 Å². The lowest BCUT2D eigenvalue weighted by Gasteiger charge is -2.29. The second kappa shape index (κ2) is 6.72. The molecule has 0 atom stereocenters. The van der Waals surface area contributed by atoms with Crippen molar-refractivity contribution in [2.24, 2.45) is 5.41 Å². The molecular weight excluding hydrogens is 306 g/mol. The minimum atomic E-state index is 0.0618. The van der Waals surface area contributed by atoms with Crippen molar-refractivity contribution in [3.05, 3.63) is 83.7 Å². The van der Waals surface area contributed by atoms with Crippen LogP contribution in [0.1, 0.15) is 26.3 Å². The molecule has 0 fully saturated rings. The van der Waals surface area contributed by atoms with E-state index in [9.17, 15) is 0 Å². The molecule has 0 N–H and O–H groups in total. The quantitative estimate of drug-likeness (QED) is 0.647. The number of hydrogen-bond acceptors (Lipinski definition) is 1. The molecule has 0 unspecified atom stereocenters. The summed E-state index contributed by atoms with van der Waals surface area (Å²) >= 11 is 0. The SMILES string of the molecule is C[N+](C)=C1C=CC(=C/C=C2/C=C(C(C)(C)C)c3ccccc3O2)C=C1. The Bertz CT molecular complexity index is 846. The number of para-hydroxylation sites is 1. The Morgan fingerprint density at radius 1 is 0.920 bits per heavy atom. The molecule has 25 heavy (non-hydrogen) atoms. The summed E-state index contributed by atoms with van der Waals surface area (Å²) in [5.41, 5.74) is 4.90. The Balaban J connectivity index is 1.93. The van der Waals surface area contributed by atoms with Gasteiger partial charge in [-0.3, -0.25) is 0 Å². The Morgan fingerprint density at radius 3 is 2.24 bits per heavy atom. The second-order valence-corrected chi connectivity index (χ2v) is 7.63. The first kappa shape index (κ1) is 17.2. The van der Waals surface area contributed by atoms with Gasteiger partial charge in [-0.1, -0.05) is 45.0 Å². The lowest BCUT2D eigenvalue weighted by Crippen LogP contribution is -2.14. The fourth-order valence-electron chi connectivity index (χ4n) is 2.92. The number of allylic oxidation sites excluding steroid dienone is 9. The first-order valence-corrected chi connectivity index (χ1v) is 8.66. The number of hydrogen-bond donors (Lipinski definition) is 0. The molecule has 2 aliphatic rings. The number of benzene rings is 1. The van der Waals surface area contributed by atoms with Crippen LogP contribution in [0, 0.1) is 5.41 Å². The molecule has 0 amide bonds. The predicted octanol–water partition coefficient (Wildman–Crippen LogP) is 5.16. The van der Waals surface area contributed by atoms with Gasteiger partial charge in [-0.05, 0) is 46.9 Å². The van der Waals surface area contributed by atoms with Crippen molar-refractivity contribution in [2.45, 2.75) is 20.8 Å².